The Bertz CT molecular complexity index is 736. The van der Waals surface area contributed by atoms with Crippen molar-refractivity contribution in [3.8, 4) is 0 Å². The van der Waals surface area contributed by atoms with Gasteiger partial charge in [0.15, 0.2) is 0 Å². The molecule has 3 rings (SSSR count). The summed E-state index contributed by atoms with van der Waals surface area (Å²) in [5.41, 5.74) is 3.47. The van der Waals surface area contributed by atoms with Gasteiger partial charge in [0.25, 0.3) is 0 Å². The van der Waals surface area contributed by atoms with Gasteiger partial charge in [0.2, 0.25) is 5.91 Å². The minimum atomic E-state index is -0.121. The monoisotopic (exact) mass is 365 g/mol. The first-order valence-corrected chi connectivity index (χ1v) is 9.94. The molecule has 1 aliphatic heterocycles. The Hall–Kier alpha value is -2.17. The van der Waals surface area contributed by atoms with Crippen molar-refractivity contribution >= 4 is 11.6 Å². The Kier molecular flexibility index (Phi) is 6.64. The van der Waals surface area contributed by atoms with Crippen LogP contribution in [0.15, 0.2) is 54.6 Å². The van der Waals surface area contributed by atoms with E-state index in [1.54, 1.807) is 0 Å². The number of amides is 1. The molecule has 0 aliphatic carbocycles. The van der Waals surface area contributed by atoms with Crippen LogP contribution in [0.2, 0.25) is 0 Å². The van der Waals surface area contributed by atoms with Gasteiger partial charge < -0.3 is 5.32 Å². The number of anilines is 1. The van der Waals surface area contributed by atoms with Crippen molar-refractivity contribution in [1.82, 2.24) is 9.80 Å². The van der Waals surface area contributed by atoms with Gasteiger partial charge in [0, 0.05) is 38.4 Å². The van der Waals surface area contributed by atoms with Crippen LogP contribution in [0.25, 0.3) is 0 Å². The fraction of sp³-hybridized carbons (Fsp3) is 0.435. The quantitative estimate of drug-likeness (QED) is 0.842. The SMILES string of the molecule is CC(C)c1ccccc1NC(=O)[C@@H](C)N1CCN(Cc2ccccc2)CC1. The molecule has 1 atom stereocenters. The standard InChI is InChI=1S/C23H31N3O/c1-18(2)21-11-7-8-12-22(21)24-23(27)19(3)26-15-13-25(14-16-26)17-20-9-5-4-6-10-20/h4-12,18-19H,13-17H2,1-3H3,(H,24,27)/t19-/m1/s1. The van der Waals surface area contributed by atoms with E-state index in [-0.39, 0.29) is 11.9 Å². The molecule has 2 aromatic carbocycles. The van der Waals surface area contributed by atoms with E-state index in [1.807, 2.05) is 25.1 Å². The molecule has 2 aromatic rings. The van der Waals surface area contributed by atoms with Gasteiger partial charge in [-0.1, -0.05) is 62.4 Å². The Morgan fingerprint density at radius 3 is 2.22 bits per heavy atom. The van der Waals surface area contributed by atoms with E-state index in [0.29, 0.717) is 5.92 Å². The minimum Gasteiger partial charge on any atom is -0.324 e. The maximum atomic E-state index is 12.8. The van der Waals surface area contributed by atoms with Crippen molar-refractivity contribution in [3.63, 3.8) is 0 Å². The predicted molar refractivity (Wildman–Crippen MR) is 112 cm³/mol. The van der Waals surface area contributed by atoms with Crippen molar-refractivity contribution in [3.05, 3.63) is 65.7 Å². The average Bonchev–Trinajstić information content (AvgIpc) is 2.69. The first-order chi connectivity index (χ1) is 13.0. The van der Waals surface area contributed by atoms with Gasteiger partial charge in [-0.15, -0.1) is 0 Å². The third kappa shape index (κ3) is 5.18. The molecule has 1 heterocycles. The molecule has 0 unspecified atom stereocenters. The summed E-state index contributed by atoms with van der Waals surface area (Å²) >= 11 is 0. The van der Waals surface area contributed by atoms with Crippen LogP contribution < -0.4 is 5.32 Å². The molecule has 4 nitrogen and oxygen atoms in total. The lowest BCUT2D eigenvalue weighted by molar-refractivity contribution is -0.121. The molecule has 0 radical (unpaired) electrons. The lowest BCUT2D eigenvalue weighted by Crippen LogP contribution is -2.52. The van der Waals surface area contributed by atoms with Gasteiger partial charge in [-0.25, -0.2) is 0 Å². The maximum absolute atomic E-state index is 12.8. The topological polar surface area (TPSA) is 35.6 Å². The molecule has 4 heteroatoms. The van der Waals surface area contributed by atoms with Gasteiger partial charge in [0.1, 0.15) is 0 Å². The van der Waals surface area contributed by atoms with E-state index in [2.05, 4.69) is 65.4 Å². The highest BCUT2D eigenvalue weighted by atomic mass is 16.2. The van der Waals surface area contributed by atoms with Crippen LogP contribution in [-0.2, 0) is 11.3 Å². The van der Waals surface area contributed by atoms with Crippen molar-refractivity contribution in [2.75, 3.05) is 31.5 Å². The van der Waals surface area contributed by atoms with Crippen molar-refractivity contribution in [2.24, 2.45) is 0 Å². The number of hydrogen-bond acceptors (Lipinski definition) is 3. The van der Waals surface area contributed by atoms with E-state index >= 15 is 0 Å². The van der Waals surface area contributed by atoms with Crippen LogP contribution in [0.3, 0.4) is 0 Å². The van der Waals surface area contributed by atoms with Crippen LogP contribution in [0.5, 0.6) is 0 Å². The molecule has 1 fully saturated rings. The number of carbonyl (C=O) groups excluding carboxylic acids is 1. The van der Waals surface area contributed by atoms with Crippen LogP contribution >= 0.6 is 0 Å². The molecule has 1 amide bonds. The Morgan fingerprint density at radius 2 is 1.56 bits per heavy atom. The molecule has 1 N–H and O–H groups in total. The molecular formula is C23H31N3O. The van der Waals surface area contributed by atoms with E-state index in [0.717, 1.165) is 38.4 Å². The molecule has 27 heavy (non-hydrogen) atoms. The van der Waals surface area contributed by atoms with Gasteiger partial charge in [-0.3, -0.25) is 14.6 Å². The second-order valence-electron chi connectivity index (χ2n) is 7.70. The number of para-hydroxylation sites is 1. The Labute approximate surface area is 163 Å². The highest BCUT2D eigenvalue weighted by Crippen LogP contribution is 2.24. The Balaban J connectivity index is 1.53. The van der Waals surface area contributed by atoms with Gasteiger partial charge in [-0.05, 0) is 30.0 Å². The first kappa shape index (κ1) is 19.6. The normalized spacial score (nSPS) is 17.0. The molecule has 1 saturated heterocycles. The predicted octanol–water partition coefficient (Wildman–Crippen LogP) is 3.95. The van der Waals surface area contributed by atoms with Crippen molar-refractivity contribution in [1.29, 1.82) is 0 Å². The molecule has 0 bridgehead atoms. The zero-order valence-electron chi connectivity index (χ0n) is 16.7. The average molecular weight is 366 g/mol. The van der Waals surface area contributed by atoms with E-state index in [4.69, 9.17) is 0 Å². The molecule has 0 saturated carbocycles. The van der Waals surface area contributed by atoms with Crippen LogP contribution in [0, 0.1) is 0 Å². The molecule has 0 aromatic heterocycles. The summed E-state index contributed by atoms with van der Waals surface area (Å²) in [7, 11) is 0. The van der Waals surface area contributed by atoms with Crippen molar-refractivity contribution in [2.45, 2.75) is 39.3 Å². The second-order valence-corrected chi connectivity index (χ2v) is 7.70. The third-order valence-corrected chi connectivity index (χ3v) is 5.42. The zero-order chi connectivity index (χ0) is 19.2. The summed E-state index contributed by atoms with van der Waals surface area (Å²) in [6, 6.07) is 18.6. The lowest BCUT2D eigenvalue weighted by Gasteiger charge is -2.37. The number of hydrogen-bond donors (Lipinski definition) is 1. The van der Waals surface area contributed by atoms with E-state index in [1.165, 1.54) is 11.1 Å². The minimum absolute atomic E-state index is 0.0830. The van der Waals surface area contributed by atoms with Gasteiger partial charge in [-0.2, -0.15) is 0 Å². The fourth-order valence-corrected chi connectivity index (χ4v) is 3.67. The summed E-state index contributed by atoms with van der Waals surface area (Å²) < 4.78 is 0. The van der Waals surface area contributed by atoms with Crippen LogP contribution in [0.4, 0.5) is 5.69 Å². The summed E-state index contributed by atoms with van der Waals surface area (Å²) in [6.07, 6.45) is 0. The summed E-state index contributed by atoms with van der Waals surface area (Å²) in [5, 5.41) is 3.15. The maximum Gasteiger partial charge on any atom is 0.241 e. The van der Waals surface area contributed by atoms with Crippen LogP contribution in [-0.4, -0.2) is 47.9 Å². The zero-order valence-corrected chi connectivity index (χ0v) is 16.7. The van der Waals surface area contributed by atoms with E-state index < -0.39 is 0 Å². The highest BCUT2D eigenvalue weighted by molar-refractivity contribution is 5.95. The smallest absolute Gasteiger partial charge is 0.241 e. The summed E-state index contributed by atoms with van der Waals surface area (Å²) in [5.74, 6) is 0.470. The molecule has 1 aliphatic rings. The number of nitrogens with one attached hydrogen (secondary N) is 1. The number of rotatable bonds is 6. The van der Waals surface area contributed by atoms with E-state index in [9.17, 15) is 4.79 Å². The third-order valence-electron chi connectivity index (χ3n) is 5.42. The molecule has 144 valence electrons. The largest absolute Gasteiger partial charge is 0.324 e. The van der Waals surface area contributed by atoms with Gasteiger partial charge in [0.05, 0.1) is 6.04 Å². The highest BCUT2D eigenvalue weighted by Gasteiger charge is 2.26. The number of carbonyl (C=O) groups is 1. The number of nitrogens with zero attached hydrogens (tertiary/aromatic N) is 2. The van der Waals surface area contributed by atoms with Crippen LogP contribution in [0.1, 0.15) is 37.8 Å². The first-order valence-electron chi connectivity index (χ1n) is 9.94. The molecular weight excluding hydrogens is 334 g/mol. The van der Waals surface area contributed by atoms with Gasteiger partial charge >= 0.3 is 0 Å². The number of piperazine rings is 1. The second kappa shape index (κ2) is 9.16. The summed E-state index contributed by atoms with van der Waals surface area (Å²) in [4.78, 5) is 17.5. The Morgan fingerprint density at radius 1 is 0.926 bits per heavy atom. The fourth-order valence-electron chi connectivity index (χ4n) is 3.67. The summed E-state index contributed by atoms with van der Waals surface area (Å²) in [6.45, 7) is 11.1. The van der Waals surface area contributed by atoms with Crippen molar-refractivity contribution < 1.29 is 4.79 Å². The lowest BCUT2D eigenvalue weighted by atomic mass is 10.0. The number of benzene rings is 2. The molecule has 0 spiro atoms.